The molecule has 2 amide bonds. The minimum atomic E-state index is -0.739. The van der Waals surface area contributed by atoms with Crippen LogP contribution in [0.5, 0.6) is 11.5 Å². The van der Waals surface area contributed by atoms with E-state index in [1.54, 1.807) is 35.1 Å². The number of anilines is 1. The number of carbonyl (C=O) groups is 3. The molecule has 10 heteroatoms. The Hall–Kier alpha value is -3.56. The van der Waals surface area contributed by atoms with Gasteiger partial charge >= 0.3 is 5.97 Å². The highest BCUT2D eigenvalue weighted by molar-refractivity contribution is 5.97. The summed E-state index contributed by atoms with van der Waals surface area (Å²) in [5, 5.41) is 9.19. The predicted molar refractivity (Wildman–Crippen MR) is 113 cm³/mol. The van der Waals surface area contributed by atoms with Crippen molar-refractivity contribution in [2.75, 3.05) is 31.7 Å². The van der Waals surface area contributed by atoms with Crippen LogP contribution in [0.4, 0.5) is 5.82 Å². The third-order valence-corrected chi connectivity index (χ3v) is 3.99. The summed E-state index contributed by atoms with van der Waals surface area (Å²) in [4.78, 5) is 36.2. The van der Waals surface area contributed by atoms with Gasteiger partial charge in [-0.2, -0.15) is 5.10 Å². The smallest absolute Gasteiger partial charge is 0.325 e. The van der Waals surface area contributed by atoms with Gasteiger partial charge in [-0.25, -0.2) is 4.68 Å². The number of ether oxygens (including phenoxy) is 3. The Kier molecular flexibility index (Phi) is 8.86. The lowest BCUT2D eigenvalue weighted by molar-refractivity contribution is -0.146. The van der Waals surface area contributed by atoms with Gasteiger partial charge in [0.05, 0.1) is 19.4 Å². The lowest BCUT2D eigenvalue weighted by Crippen LogP contribution is -2.32. The Labute approximate surface area is 180 Å². The molecule has 1 heterocycles. The average Bonchev–Trinajstić information content (AvgIpc) is 3.20. The van der Waals surface area contributed by atoms with Gasteiger partial charge in [-0.15, -0.1) is 0 Å². The van der Waals surface area contributed by atoms with E-state index in [-0.39, 0.29) is 12.6 Å². The predicted octanol–water partition coefficient (Wildman–Crippen LogP) is 2.17. The second-order valence-electron chi connectivity index (χ2n) is 6.67. The van der Waals surface area contributed by atoms with Crippen LogP contribution in [0.15, 0.2) is 30.5 Å². The first kappa shape index (κ1) is 23.7. The first-order valence-corrected chi connectivity index (χ1v) is 10.0. The molecular weight excluding hydrogens is 404 g/mol. The quantitative estimate of drug-likeness (QED) is 0.522. The Morgan fingerprint density at radius 3 is 2.45 bits per heavy atom. The van der Waals surface area contributed by atoms with Crippen LogP contribution in [0.1, 0.15) is 44.1 Å². The van der Waals surface area contributed by atoms with Crippen molar-refractivity contribution in [3.63, 3.8) is 0 Å². The number of amides is 2. The first-order chi connectivity index (χ1) is 14.8. The van der Waals surface area contributed by atoms with Crippen molar-refractivity contribution >= 4 is 23.6 Å². The fourth-order valence-electron chi connectivity index (χ4n) is 2.65. The Bertz CT molecular complexity index is 909. The number of hydrogen-bond acceptors (Lipinski definition) is 7. The molecule has 168 valence electrons. The van der Waals surface area contributed by atoms with E-state index >= 15 is 0 Å². The van der Waals surface area contributed by atoms with E-state index in [1.165, 1.54) is 0 Å². The lowest BCUT2D eigenvalue weighted by atomic mass is 10.2. The molecule has 0 aliphatic heterocycles. The zero-order valence-electron chi connectivity index (χ0n) is 18.1. The summed E-state index contributed by atoms with van der Waals surface area (Å²) in [7, 11) is 0. The molecule has 2 aromatic rings. The van der Waals surface area contributed by atoms with E-state index in [0.717, 1.165) is 0 Å². The van der Waals surface area contributed by atoms with Gasteiger partial charge in [0.15, 0.2) is 18.1 Å². The van der Waals surface area contributed by atoms with Crippen LogP contribution in [0.25, 0.3) is 0 Å². The molecule has 0 aliphatic rings. The first-order valence-electron chi connectivity index (χ1n) is 10.0. The van der Waals surface area contributed by atoms with E-state index in [0.29, 0.717) is 36.1 Å². The molecule has 31 heavy (non-hydrogen) atoms. The number of carbonyl (C=O) groups excluding carboxylic acids is 3. The highest BCUT2D eigenvalue weighted by Crippen LogP contribution is 2.28. The summed E-state index contributed by atoms with van der Waals surface area (Å²) >= 11 is 0. The van der Waals surface area contributed by atoms with Gasteiger partial charge in [0, 0.05) is 17.7 Å². The number of nitrogens with zero attached hydrogens (tertiary/aromatic N) is 2. The molecule has 1 aromatic carbocycles. The number of nitrogens with one attached hydrogen (secondary N) is 2. The van der Waals surface area contributed by atoms with Gasteiger partial charge in [-0.1, -0.05) is 0 Å². The zero-order valence-corrected chi connectivity index (χ0v) is 18.1. The van der Waals surface area contributed by atoms with Crippen LogP contribution >= 0.6 is 0 Å². The molecule has 0 fully saturated rings. The second-order valence-corrected chi connectivity index (χ2v) is 6.67. The molecule has 10 nitrogen and oxygen atoms in total. The number of aromatic nitrogens is 2. The number of rotatable bonds is 11. The molecule has 0 spiro atoms. The molecule has 2 N–H and O–H groups in total. The van der Waals surface area contributed by atoms with Crippen molar-refractivity contribution in [3.05, 3.63) is 36.0 Å². The van der Waals surface area contributed by atoms with Gasteiger partial charge in [0.1, 0.15) is 12.4 Å². The molecule has 2 rings (SSSR count). The highest BCUT2D eigenvalue weighted by atomic mass is 16.5. The molecule has 0 aliphatic carbocycles. The van der Waals surface area contributed by atoms with E-state index in [1.807, 2.05) is 27.7 Å². The summed E-state index contributed by atoms with van der Waals surface area (Å²) in [6.07, 6.45) is 1.56. The maximum absolute atomic E-state index is 12.3. The highest BCUT2D eigenvalue weighted by Gasteiger charge is 2.15. The number of hydrogen-bond donors (Lipinski definition) is 2. The van der Waals surface area contributed by atoms with Crippen LogP contribution < -0.4 is 20.1 Å². The van der Waals surface area contributed by atoms with Crippen molar-refractivity contribution in [3.8, 4) is 11.5 Å². The van der Waals surface area contributed by atoms with E-state index in [9.17, 15) is 14.4 Å². The molecule has 0 unspecified atom stereocenters. The van der Waals surface area contributed by atoms with E-state index in [2.05, 4.69) is 15.7 Å². The largest absolute Gasteiger partial charge is 0.490 e. The maximum atomic E-state index is 12.3. The molecular formula is C21H28N4O6. The minimum absolute atomic E-state index is 0.0638. The monoisotopic (exact) mass is 432 g/mol. The van der Waals surface area contributed by atoms with Crippen molar-refractivity contribution in [2.45, 2.75) is 33.7 Å². The molecule has 0 bridgehead atoms. The summed E-state index contributed by atoms with van der Waals surface area (Å²) in [6.45, 7) is 7.54. The summed E-state index contributed by atoms with van der Waals surface area (Å²) in [6, 6.07) is 6.45. The van der Waals surface area contributed by atoms with Gasteiger partial charge in [-0.3, -0.25) is 14.4 Å². The van der Waals surface area contributed by atoms with Crippen molar-refractivity contribution in [1.82, 2.24) is 15.1 Å². The molecule has 0 atom stereocenters. The maximum Gasteiger partial charge on any atom is 0.325 e. The topological polar surface area (TPSA) is 121 Å². The van der Waals surface area contributed by atoms with E-state index < -0.39 is 24.4 Å². The van der Waals surface area contributed by atoms with Gasteiger partial charge in [0.25, 0.3) is 11.8 Å². The van der Waals surface area contributed by atoms with Crippen LogP contribution in [0.3, 0.4) is 0 Å². The Morgan fingerprint density at radius 1 is 1.06 bits per heavy atom. The normalized spacial score (nSPS) is 10.5. The SMILES string of the molecule is CCOc1ccc(C(=O)NCC(=O)OCC(=O)Nc2ccnn2C(C)C)cc1OCC. The lowest BCUT2D eigenvalue weighted by Gasteiger charge is -2.13. The number of benzene rings is 1. The van der Waals surface area contributed by atoms with Crippen molar-refractivity contribution in [2.24, 2.45) is 0 Å². The zero-order chi connectivity index (χ0) is 22.8. The van der Waals surface area contributed by atoms with E-state index in [4.69, 9.17) is 14.2 Å². The van der Waals surface area contributed by atoms with Crippen LogP contribution in [0, 0.1) is 0 Å². The second kappa shape index (κ2) is 11.6. The molecule has 0 saturated carbocycles. The van der Waals surface area contributed by atoms with Gasteiger partial charge < -0.3 is 24.8 Å². The third kappa shape index (κ3) is 7.02. The molecule has 0 radical (unpaired) electrons. The fraction of sp³-hybridized carbons (Fsp3) is 0.429. The summed E-state index contributed by atoms with van der Waals surface area (Å²) in [5.74, 6) is -0.245. The minimum Gasteiger partial charge on any atom is -0.490 e. The Morgan fingerprint density at radius 2 is 1.77 bits per heavy atom. The standard InChI is InChI=1S/C21H28N4O6/c1-5-29-16-8-7-15(11-17(16)30-6-2)21(28)22-12-20(27)31-13-19(26)24-18-9-10-23-25(18)14(3)4/h7-11,14H,5-6,12-13H2,1-4H3,(H,22,28)(H,24,26). The third-order valence-electron chi connectivity index (χ3n) is 3.99. The molecule has 1 aromatic heterocycles. The number of esters is 1. The van der Waals surface area contributed by atoms with Crippen LogP contribution in [0.2, 0.25) is 0 Å². The van der Waals surface area contributed by atoms with Crippen molar-refractivity contribution < 1.29 is 28.6 Å². The fourth-order valence-corrected chi connectivity index (χ4v) is 2.65. The van der Waals surface area contributed by atoms with Crippen molar-refractivity contribution in [1.29, 1.82) is 0 Å². The van der Waals surface area contributed by atoms with Crippen LogP contribution in [-0.4, -0.2) is 53.9 Å². The molecule has 0 saturated heterocycles. The van der Waals surface area contributed by atoms with Gasteiger partial charge in [-0.05, 0) is 45.9 Å². The Balaban J connectivity index is 1.82. The van der Waals surface area contributed by atoms with Crippen LogP contribution in [-0.2, 0) is 14.3 Å². The summed E-state index contributed by atoms with van der Waals surface area (Å²) in [5.41, 5.74) is 0.305. The summed E-state index contributed by atoms with van der Waals surface area (Å²) < 4.78 is 17.5. The average molecular weight is 432 g/mol. The van der Waals surface area contributed by atoms with Gasteiger partial charge in [0.2, 0.25) is 0 Å².